The van der Waals surface area contributed by atoms with Crippen LogP contribution in [0, 0.1) is 0 Å². The molecular weight excluding hydrogens is 198 g/mol. The quantitative estimate of drug-likeness (QED) is 0.720. The lowest BCUT2D eigenvalue weighted by Crippen LogP contribution is -2.31. The second-order valence-corrected chi connectivity index (χ2v) is 3.65. The fourth-order valence-electron chi connectivity index (χ4n) is 1.39. The van der Waals surface area contributed by atoms with E-state index in [9.17, 15) is 0 Å². The van der Waals surface area contributed by atoms with Crippen molar-refractivity contribution < 1.29 is 0 Å². The Morgan fingerprint density at radius 1 is 1.43 bits per heavy atom. The van der Waals surface area contributed by atoms with Gasteiger partial charge in [-0.3, -0.25) is 4.98 Å². The minimum atomic E-state index is 0.413. The zero-order valence-corrected chi connectivity index (χ0v) is 9.62. The van der Waals surface area contributed by atoms with Gasteiger partial charge in [-0.15, -0.1) is 11.6 Å². The molecule has 4 heteroatoms. The zero-order valence-electron chi connectivity index (χ0n) is 8.87. The van der Waals surface area contributed by atoms with Gasteiger partial charge in [-0.25, -0.2) is 4.98 Å². The Morgan fingerprint density at radius 3 is 2.64 bits per heavy atom. The van der Waals surface area contributed by atoms with Crippen molar-refractivity contribution in [2.24, 2.45) is 0 Å². The van der Waals surface area contributed by atoms with Crippen molar-refractivity contribution in [1.82, 2.24) is 9.97 Å². The fraction of sp³-hybridized carbons (Fsp3) is 0.600. The van der Waals surface area contributed by atoms with E-state index in [0.29, 0.717) is 11.9 Å². The van der Waals surface area contributed by atoms with Crippen molar-refractivity contribution in [3.05, 3.63) is 18.1 Å². The Bertz CT molecular complexity index is 288. The highest BCUT2D eigenvalue weighted by molar-refractivity contribution is 6.16. The third-order valence-corrected chi connectivity index (χ3v) is 2.34. The molecule has 1 aromatic heterocycles. The Labute approximate surface area is 90.1 Å². The van der Waals surface area contributed by atoms with E-state index >= 15 is 0 Å². The van der Waals surface area contributed by atoms with Gasteiger partial charge in [0, 0.05) is 18.8 Å². The van der Waals surface area contributed by atoms with E-state index in [1.807, 2.05) is 0 Å². The van der Waals surface area contributed by atoms with Gasteiger partial charge in [-0.2, -0.15) is 0 Å². The highest BCUT2D eigenvalue weighted by Gasteiger charge is 2.09. The van der Waals surface area contributed by atoms with Crippen LogP contribution in [0.2, 0.25) is 0 Å². The molecule has 0 aliphatic rings. The van der Waals surface area contributed by atoms with Crippen LogP contribution in [0.4, 0.5) is 5.82 Å². The maximum absolute atomic E-state index is 5.71. The van der Waals surface area contributed by atoms with Crippen LogP contribution in [0.1, 0.15) is 26.5 Å². The summed E-state index contributed by atoms with van der Waals surface area (Å²) >= 11 is 5.71. The van der Waals surface area contributed by atoms with E-state index in [4.69, 9.17) is 11.6 Å². The molecule has 0 aromatic carbocycles. The maximum atomic E-state index is 5.71. The predicted octanol–water partition coefficient (Wildman–Crippen LogP) is 2.45. The van der Waals surface area contributed by atoms with E-state index < -0.39 is 0 Å². The first-order chi connectivity index (χ1) is 6.69. The summed E-state index contributed by atoms with van der Waals surface area (Å²) in [5.74, 6) is 1.32. The molecule has 0 aliphatic heterocycles. The Kier molecular flexibility index (Phi) is 4.14. The van der Waals surface area contributed by atoms with Gasteiger partial charge in [-0.05, 0) is 20.8 Å². The molecule has 0 amide bonds. The molecule has 0 saturated heterocycles. The van der Waals surface area contributed by atoms with Gasteiger partial charge < -0.3 is 4.90 Å². The molecular formula is C10H16ClN3. The second-order valence-electron chi connectivity index (χ2n) is 3.38. The average molecular weight is 214 g/mol. The van der Waals surface area contributed by atoms with Crippen LogP contribution in [-0.2, 0) is 5.88 Å². The molecule has 0 N–H and O–H groups in total. The number of alkyl halides is 1. The van der Waals surface area contributed by atoms with Crippen molar-refractivity contribution in [3.63, 3.8) is 0 Å². The van der Waals surface area contributed by atoms with Crippen molar-refractivity contribution >= 4 is 17.4 Å². The topological polar surface area (TPSA) is 29.0 Å². The molecule has 0 unspecified atom stereocenters. The molecule has 0 aliphatic carbocycles. The lowest BCUT2D eigenvalue weighted by atomic mass is 10.3. The molecule has 3 nitrogen and oxygen atoms in total. The van der Waals surface area contributed by atoms with E-state index in [0.717, 1.165) is 18.1 Å². The molecule has 1 heterocycles. The van der Waals surface area contributed by atoms with Crippen LogP contribution in [-0.4, -0.2) is 22.6 Å². The average Bonchev–Trinajstić information content (AvgIpc) is 2.19. The summed E-state index contributed by atoms with van der Waals surface area (Å²) in [5, 5.41) is 0. The molecule has 78 valence electrons. The molecule has 1 aromatic rings. The summed E-state index contributed by atoms with van der Waals surface area (Å²) in [7, 11) is 0. The molecule has 14 heavy (non-hydrogen) atoms. The summed E-state index contributed by atoms with van der Waals surface area (Å²) in [6, 6.07) is 0.430. The SMILES string of the molecule is CCN(c1cncc(CCl)n1)C(C)C. The van der Waals surface area contributed by atoms with Crippen molar-refractivity contribution in [1.29, 1.82) is 0 Å². The number of nitrogens with zero attached hydrogens (tertiary/aromatic N) is 3. The molecule has 0 bridgehead atoms. The minimum Gasteiger partial charge on any atom is -0.353 e. The lowest BCUT2D eigenvalue weighted by molar-refractivity contribution is 0.689. The van der Waals surface area contributed by atoms with Crippen molar-refractivity contribution in [2.75, 3.05) is 11.4 Å². The summed E-state index contributed by atoms with van der Waals surface area (Å²) in [5.41, 5.74) is 0.822. The molecule has 1 rings (SSSR count). The normalized spacial score (nSPS) is 10.6. The van der Waals surface area contributed by atoms with Gasteiger partial charge in [0.2, 0.25) is 0 Å². The monoisotopic (exact) mass is 213 g/mol. The van der Waals surface area contributed by atoms with Gasteiger partial charge in [0.1, 0.15) is 5.82 Å². The van der Waals surface area contributed by atoms with Gasteiger partial charge in [0.25, 0.3) is 0 Å². The van der Waals surface area contributed by atoms with Crippen LogP contribution in [0.5, 0.6) is 0 Å². The smallest absolute Gasteiger partial charge is 0.147 e. The summed E-state index contributed by atoms with van der Waals surface area (Å²) in [6.45, 7) is 7.31. The van der Waals surface area contributed by atoms with Crippen molar-refractivity contribution in [3.8, 4) is 0 Å². The van der Waals surface area contributed by atoms with E-state index in [1.54, 1.807) is 12.4 Å². The molecule has 0 atom stereocenters. The van der Waals surface area contributed by atoms with Crippen LogP contribution < -0.4 is 4.90 Å². The van der Waals surface area contributed by atoms with Crippen LogP contribution in [0.3, 0.4) is 0 Å². The number of hydrogen-bond acceptors (Lipinski definition) is 3. The van der Waals surface area contributed by atoms with Crippen molar-refractivity contribution in [2.45, 2.75) is 32.7 Å². The van der Waals surface area contributed by atoms with Gasteiger partial charge in [-0.1, -0.05) is 0 Å². The standard InChI is InChI=1S/C10H16ClN3/c1-4-14(8(2)3)10-7-12-6-9(5-11)13-10/h6-8H,4-5H2,1-3H3. The fourth-order valence-corrected chi connectivity index (χ4v) is 1.52. The molecule has 0 saturated carbocycles. The maximum Gasteiger partial charge on any atom is 0.147 e. The van der Waals surface area contributed by atoms with E-state index in [-0.39, 0.29) is 0 Å². The second kappa shape index (κ2) is 5.15. The Morgan fingerprint density at radius 2 is 2.14 bits per heavy atom. The largest absolute Gasteiger partial charge is 0.353 e. The number of aromatic nitrogens is 2. The van der Waals surface area contributed by atoms with Crippen LogP contribution >= 0.6 is 11.6 Å². The number of anilines is 1. The third-order valence-electron chi connectivity index (χ3n) is 2.07. The zero-order chi connectivity index (χ0) is 10.6. The van der Waals surface area contributed by atoms with Gasteiger partial charge in [0.15, 0.2) is 0 Å². The first-order valence-corrected chi connectivity index (χ1v) is 5.36. The van der Waals surface area contributed by atoms with Gasteiger partial charge >= 0.3 is 0 Å². The lowest BCUT2D eigenvalue weighted by Gasteiger charge is -2.25. The predicted molar refractivity (Wildman–Crippen MR) is 59.7 cm³/mol. The molecule has 0 spiro atoms. The van der Waals surface area contributed by atoms with E-state index in [2.05, 4.69) is 35.6 Å². The number of hydrogen-bond donors (Lipinski definition) is 0. The van der Waals surface area contributed by atoms with E-state index in [1.165, 1.54) is 0 Å². The first-order valence-electron chi connectivity index (χ1n) is 4.82. The summed E-state index contributed by atoms with van der Waals surface area (Å²) < 4.78 is 0. The van der Waals surface area contributed by atoms with Gasteiger partial charge in [0.05, 0.1) is 17.8 Å². The van der Waals surface area contributed by atoms with Crippen LogP contribution in [0.15, 0.2) is 12.4 Å². The Balaban J connectivity index is 2.92. The summed E-state index contributed by atoms with van der Waals surface area (Å²) in [4.78, 5) is 10.7. The summed E-state index contributed by atoms with van der Waals surface area (Å²) in [6.07, 6.45) is 3.48. The highest BCUT2D eigenvalue weighted by atomic mass is 35.5. The Hall–Kier alpha value is -0.830. The third kappa shape index (κ3) is 2.58. The number of halogens is 1. The molecule has 0 radical (unpaired) electrons. The minimum absolute atomic E-state index is 0.413. The van der Waals surface area contributed by atoms with Crippen LogP contribution in [0.25, 0.3) is 0 Å². The molecule has 0 fully saturated rings. The highest BCUT2D eigenvalue weighted by Crippen LogP contribution is 2.13. The number of rotatable bonds is 4. The first kappa shape index (κ1) is 11.2.